The molecule has 0 atom stereocenters. The van der Waals surface area contributed by atoms with Crippen LogP contribution in [0, 0.1) is 0 Å². The summed E-state index contributed by atoms with van der Waals surface area (Å²) in [5.41, 5.74) is 0.933. The summed E-state index contributed by atoms with van der Waals surface area (Å²) in [6, 6.07) is 10.4. The molecule has 4 nitrogen and oxygen atoms in total. The van der Waals surface area contributed by atoms with E-state index in [1.54, 1.807) is 19.1 Å². The van der Waals surface area contributed by atoms with Crippen LogP contribution >= 0.6 is 0 Å². The number of phenols is 1. The molecule has 2 rings (SSSR count). The molecule has 2 aromatic carbocycles. The van der Waals surface area contributed by atoms with Crippen molar-refractivity contribution < 1.29 is 28.2 Å². The number of hydrogen-bond acceptors (Lipinski definition) is 4. The molecule has 0 aromatic heterocycles. The average Bonchev–Trinajstić information content (AvgIpc) is 2.54. The zero-order valence-corrected chi connectivity index (χ0v) is 12.9. The van der Waals surface area contributed by atoms with Crippen molar-refractivity contribution in [3.8, 4) is 17.2 Å². The lowest BCUT2D eigenvalue weighted by atomic mass is 10.1. The summed E-state index contributed by atoms with van der Waals surface area (Å²) in [5.74, 6) is -0.189. The van der Waals surface area contributed by atoms with E-state index in [1.165, 1.54) is 42.5 Å². The minimum absolute atomic E-state index is 0.00128. The molecule has 24 heavy (non-hydrogen) atoms. The monoisotopic (exact) mass is 334 g/mol. The molecule has 2 aromatic rings. The molecule has 0 saturated carbocycles. The van der Waals surface area contributed by atoms with Gasteiger partial charge in [-0.05, 0) is 42.8 Å². The van der Waals surface area contributed by atoms with Crippen LogP contribution < -0.4 is 9.47 Å². The van der Waals surface area contributed by atoms with E-state index in [4.69, 9.17) is 4.74 Å². The fraction of sp³-hybridized carbons (Fsp3) is 0.167. The van der Waals surface area contributed by atoms with E-state index in [2.05, 4.69) is 4.74 Å². The van der Waals surface area contributed by atoms with Crippen LogP contribution in [0.15, 0.2) is 48.5 Å². The Morgan fingerprint density at radius 1 is 1.21 bits per heavy atom. The quantitative estimate of drug-likeness (QED) is 0.606. The lowest BCUT2D eigenvalue weighted by Gasteiger charge is -2.11. The number of hydrogen-bond donors (Lipinski definition) is 1. The van der Waals surface area contributed by atoms with E-state index in [1.807, 2.05) is 0 Å². The number of phenolic OH excluding ortho intramolecular Hbond substituents is 1. The summed E-state index contributed by atoms with van der Waals surface area (Å²) < 4.78 is 34.4. The van der Waals surface area contributed by atoms with Crippen LogP contribution in [0.2, 0.25) is 0 Å². The van der Waals surface area contributed by atoms with Gasteiger partial charge in [0.25, 0.3) is 0 Å². The summed E-state index contributed by atoms with van der Waals surface area (Å²) in [6.45, 7) is -0.937. The first kappa shape index (κ1) is 17.5. The van der Waals surface area contributed by atoms with E-state index < -0.39 is 6.61 Å². The Morgan fingerprint density at radius 3 is 2.67 bits per heavy atom. The van der Waals surface area contributed by atoms with Crippen LogP contribution in [-0.4, -0.2) is 24.1 Å². The molecule has 0 fully saturated rings. The second-order valence-corrected chi connectivity index (χ2v) is 4.77. The summed E-state index contributed by atoms with van der Waals surface area (Å²) >= 11 is 0. The third kappa shape index (κ3) is 4.81. The van der Waals surface area contributed by atoms with Crippen molar-refractivity contribution >= 4 is 11.9 Å². The van der Waals surface area contributed by atoms with E-state index in [0.717, 1.165) is 0 Å². The maximum atomic E-state index is 12.4. The largest absolute Gasteiger partial charge is 0.508 e. The van der Waals surface area contributed by atoms with Crippen LogP contribution in [-0.2, 0) is 0 Å². The molecule has 0 bridgehead atoms. The minimum atomic E-state index is -2.95. The first-order valence-corrected chi connectivity index (χ1v) is 7.22. The van der Waals surface area contributed by atoms with Crippen molar-refractivity contribution in [3.63, 3.8) is 0 Å². The molecule has 0 spiro atoms. The Kier molecular flexibility index (Phi) is 5.89. The second kappa shape index (κ2) is 8.10. The van der Waals surface area contributed by atoms with Crippen LogP contribution in [0.3, 0.4) is 0 Å². The molecular weight excluding hydrogens is 318 g/mol. The highest BCUT2D eigenvalue weighted by molar-refractivity contribution is 6.07. The first-order valence-electron chi connectivity index (χ1n) is 7.22. The number of carbonyl (C=O) groups excluding carboxylic acids is 1. The molecule has 0 unspecified atom stereocenters. The topological polar surface area (TPSA) is 55.8 Å². The van der Waals surface area contributed by atoms with Gasteiger partial charge in [0.1, 0.15) is 5.75 Å². The SMILES string of the molecule is CCOc1cc(/C=C/C(=O)c2cccc(O)c2)ccc1OC(F)F. The second-order valence-electron chi connectivity index (χ2n) is 4.77. The summed E-state index contributed by atoms with van der Waals surface area (Å²) in [5, 5.41) is 9.38. The van der Waals surface area contributed by atoms with Crippen molar-refractivity contribution in [3.05, 3.63) is 59.7 Å². The molecule has 0 amide bonds. The highest BCUT2D eigenvalue weighted by Crippen LogP contribution is 2.30. The summed E-state index contributed by atoms with van der Waals surface area (Å²) in [4.78, 5) is 12.0. The van der Waals surface area contributed by atoms with Crippen LogP contribution in [0.4, 0.5) is 8.78 Å². The van der Waals surface area contributed by atoms with Gasteiger partial charge < -0.3 is 14.6 Å². The number of alkyl halides is 2. The lowest BCUT2D eigenvalue weighted by Crippen LogP contribution is -2.04. The van der Waals surface area contributed by atoms with Crippen molar-refractivity contribution in [2.45, 2.75) is 13.5 Å². The standard InChI is InChI=1S/C18H16F2O4/c1-2-23-17-10-12(7-9-16(17)24-18(19)20)6-8-15(22)13-4-3-5-14(21)11-13/h3-11,18,21H,2H2,1H3/b8-6+. The van der Waals surface area contributed by atoms with Gasteiger partial charge in [0.2, 0.25) is 0 Å². The van der Waals surface area contributed by atoms with Gasteiger partial charge in [-0.2, -0.15) is 8.78 Å². The predicted molar refractivity (Wildman–Crippen MR) is 85.7 cm³/mol. The fourth-order valence-electron chi connectivity index (χ4n) is 2.02. The van der Waals surface area contributed by atoms with Crippen molar-refractivity contribution in [2.75, 3.05) is 6.61 Å². The third-order valence-corrected chi connectivity index (χ3v) is 3.04. The van der Waals surface area contributed by atoms with E-state index >= 15 is 0 Å². The summed E-state index contributed by atoms with van der Waals surface area (Å²) in [6.07, 6.45) is 2.86. The van der Waals surface area contributed by atoms with Crippen LogP contribution in [0.25, 0.3) is 6.08 Å². The number of carbonyl (C=O) groups is 1. The number of aromatic hydroxyl groups is 1. The van der Waals surface area contributed by atoms with E-state index in [0.29, 0.717) is 11.1 Å². The third-order valence-electron chi connectivity index (χ3n) is 3.04. The highest BCUT2D eigenvalue weighted by Gasteiger charge is 2.11. The molecule has 6 heteroatoms. The lowest BCUT2D eigenvalue weighted by molar-refractivity contribution is -0.0514. The zero-order chi connectivity index (χ0) is 17.5. The van der Waals surface area contributed by atoms with E-state index in [-0.39, 0.29) is 29.6 Å². The van der Waals surface area contributed by atoms with Gasteiger partial charge in [0.15, 0.2) is 17.3 Å². The van der Waals surface area contributed by atoms with Crippen molar-refractivity contribution in [1.82, 2.24) is 0 Å². The number of halogens is 2. The van der Waals surface area contributed by atoms with Crippen LogP contribution in [0.5, 0.6) is 17.2 Å². The molecule has 126 valence electrons. The first-order chi connectivity index (χ1) is 11.5. The fourth-order valence-corrected chi connectivity index (χ4v) is 2.02. The molecule has 1 N–H and O–H groups in total. The van der Waals surface area contributed by atoms with Gasteiger partial charge in [0.05, 0.1) is 6.61 Å². The van der Waals surface area contributed by atoms with Gasteiger partial charge in [-0.3, -0.25) is 4.79 Å². The Balaban J connectivity index is 2.19. The summed E-state index contributed by atoms with van der Waals surface area (Å²) in [7, 11) is 0. The van der Waals surface area contributed by atoms with Crippen LogP contribution in [0.1, 0.15) is 22.8 Å². The maximum Gasteiger partial charge on any atom is 0.387 e. The zero-order valence-electron chi connectivity index (χ0n) is 12.9. The number of rotatable bonds is 7. The molecule has 0 aliphatic heterocycles. The van der Waals surface area contributed by atoms with Gasteiger partial charge in [-0.25, -0.2) is 0 Å². The Hall–Kier alpha value is -2.89. The predicted octanol–water partition coefficient (Wildman–Crippen LogP) is 4.29. The minimum Gasteiger partial charge on any atom is -0.508 e. The maximum absolute atomic E-state index is 12.4. The molecule has 0 saturated heterocycles. The number of allylic oxidation sites excluding steroid dienone is 1. The number of benzene rings is 2. The molecular formula is C18H16F2O4. The molecule has 0 aliphatic carbocycles. The van der Waals surface area contributed by atoms with Gasteiger partial charge in [-0.1, -0.05) is 24.3 Å². The Morgan fingerprint density at radius 2 is 2.00 bits per heavy atom. The number of ether oxygens (including phenoxy) is 2. The van der Waals surface area contributed by atoms with E-state index in [9.17, 15) is 18.7 Å². The van der Waals surface area contributed by atoms with Gasteiger partial charge >= 0.3 is 6.61 Å². The normalized spacial score (nSPS) is 11.0. The molecule has 0 heterocycles. The highest BCUT2D eigenvalue weighted by atomic mass is 19.3. The average molecular weight is 334 g/mol. The van der Waals surface area contributed by atoms with Gasteiger partial charge in [0, 0.05) is 5.56 Å². The van der Waals surface area contributed by atoms with Gasteiger partial charge in [-0.15, -0.1) is 0 Å². The Bertz CT molecular complexity index is 742. The molecule has 0 radical (unpaired) electrons. The number of ketones is 1. The van der Waals surface area contributed by atoms with Crippen molar-refractivity contribution in [1.29, 1.82) is 0 Å². The Labute approximate surface area is 138 Å². The molecule has 0 aliphatic rings. The van der Waals surface area contributed by atoms with Crippen molar-refractivity contribution in [2.24, 2.45) is 0 Å². The smallest absolute Gasteiger partial charge is 0.387 e.